The van der Waals surface area contributed by atoms with Crippen LogP contribution in [0, 0.1) is 0 Å². The lowest BCUT2D eigenvalue weighted by Crippen LogP contribution is -2.19. The molecule has 1 heterocycles. The van der Waals surface area contributed by atoms with Crippen LogP contribution < -0.4 is 15.8 Å². The van der Waals surface area contributed by atoms with Gasteiger partial charge in [-0.05, 0) is 33.7 Å². The molecule has 0 atom stereocenters. The number of aromatic nitrogens is 1. The first kappa shape index (κ1) is 13.8. The topological polar surface area (TPSA) is 60.2 Å². The summed E-state index contributed by atoms with van der Waals surface area (Å²) in [4.78, 5) is 4.13. The van der Waals surface area contributed by atoms with Crippen LogP contribution in [-0.4, -0.2) is 10.1 Å². The summed E-state index contributed by atoms with van der Waals surface area (Å²) in [7, 11) is 0. The third-order valence-electron chi connectivity index (χ3n) is 2.31. The Hall–Kier alpha value is -1.66. The Kier molecular flexibility index (Phi) is 4.70. The molecular formula is C13H12BrN3OS. The van der Waals surface area contributed by atoms with E-state index >= 15 is 0 Å². The Balaban J connectivity index is 2.08. The lowest BCUT2D eigenvalue weighted by Gasteiger charge is -2.10. The predicted molar refractivity (Wildman–Crippen MR) is 83.1 cm³/mol. The number of hydrogen-bond acceptors (Lipinski definition) is 3. The maximum absolute atomic E-state index is 5.73. The Morgan fingerprint density at radius 3 is 2.79 bits per heavy atom. The molecule has 19 heavy (non-hydrogen) atoms. The number of rotatable bonds is 4. The zero-order chi connectivity index (χ0) is 13.7. The van der Waals surface area contributed by atoms with Crippen molar-refractivity contribution in [3.63, 3.8) is 0 Å². The molecular weight excluding hydrogens is 326 g/mol. The number of nitrogens with two attached hydrogens (primary N) is 1. The zero-order valence-electron chi connectivity index (χ0n) is 9.97. The molecule has 0 amide bonds. The van der Waals surface area contributed by atoms with Crippen LogP contribution in [-0.2, 0) is 6.61 Å². The van der Waals surface area contributed by atoms with Crippen molar-refractivity contribution in [1.29, 1.82) is 0 Å². The molecule has 0 spiro atoms. The summed E-state index contributed by atoms with van der Waals surface area (Å²) < 4.78 is 6.51. The van der Waals surface area contributed by atoms with E-state index in [1.807, 2.05) is 30.3 Å². The van der Waals surface area contributed by atoms with E-state index in [1.54, 1.807) is 12.3 Å². The van der Waals surface area contributed by atoms with E-state index < -0.39 is 0 Å². The predicted octanol–water partition coefficient (Wildman–Crippen LogP) is 3.08. The normalized spacial score (nSPS) is 9.95. The van der Waals surface area contributed by atoms with E-state index in [2.05, 4.69) is 26.2 Å². The van der Waals surface area contributed by atoms with Crippen molar-refractivity contribution in [2.45, 2.75) is 6.61 Å². The molecule has 0 fully saturated rings. The van der Waals surface area contributed by atoms with Gasteiger partial charge in [0.15, 0.2) is 5.11 Å². The number of ether oxygens (including phenoxy) is 1. The van der Waals surface area contributed by atoms with Gasteiger partial charge < -0.3 is 15.8 Å². The Labute approximate surface area is 125 Å². The van der Waals surface area contributed by atoms with E-state index in [9.17, 15) is 0 Å². The first-order valence-corrected chi connectivity index (χ1v) is 6.74. The van der Waals surface area contributed by atoms with Crippen LogP contribution in [0.4, 0.5) is 5.82 Å². The van der Waals surface area contributed by atoms with E-state index in [0.717, 1.165) is 10.0 Å². The standard InChI is InChI=1S/C13H12BrN3OS/c14-10-7-16-12(17-13(15)19)6-11(10)18-8-9-4-2-1-3-5-9/h1-7H,8H2,(H3,15,16,17,19). The van der Waals surface area contributed by atoms with Crippen LogP contribution in [0.1, 0.15) is 5.56 Å². The van der Waals surface area contributed by atoms with E-state index in [0.29, 0.717) is 18.2 Å². The van der Waals surface area contributed by atoms with Crippen LogP contribution >= 0.6 is 28.1 Å². The van der Waals surface area contributed by atoms with Crippen molar-refractivity contribution in [3.05, 3.63) is 52.6 Å². The second-order valence-corrected chi connectivity index (χ2v) is 5.06. The minimum absolute atomic E-state index is 0.170. The number of nitrogens with one attached hydrogen (secondary N) is 1. The summed E-state index contributed by atoms with van der Waals surface area (Å²) in [6, 6.07) is 11.7. The van der Waals surface area contributed by atoms with Gasteiger partial charge in [0.2, 0.25) is 0 Å². The summed E-state index contributed by atoms with van der Waals surface area (Å²) in [5, 5.41) is 2.94. The smallest absolute Gasteiger partial charge is 0.169 e. The van der Waals surface area contributed by atoms with Gasteiger partial charge in [-0.25, -0.2) is 4.98 Å². The molecule has 0 aliphatic carbocycles. The number of thiocarbonyl (C=S) groups is 1. The summed E-state index contributed by atoms with van der Waals surface area (Å²) in [5.74, 6) is 1.23. The molecule has 1 aromatic carbocycles. The van der Waals surface area contributed by atoms with Crippen LogP contribution in [0.3, 0.4) is 0 Å². The van der Waals surface area contributed by atoms with Crippen LogP contribution in [0.25, 0.3) is 0 Å². The monoisotopic (exact) mass is 337 g/mol. The van der Waals surface area contributed by atoms with Gasteiger partial charge in [-0.3, -0.25) is 0 Å². The van der Waals surface area contributed by atoms with Crippen LogP contribution in [0.2, 0.25) is 0 Å². The highest BCUT2D eigenvalue weighted by Crippen LogP contribution is 2.27. The highest BCUT2D eigenvalue weighted by molar-refractivity contribution is 9.10. The lowest BCUT2D eigenvalue weighted by molar-refractivity contribution is 0.304. The van der Waals surface area contributed by atoms with Crippen LogP contribution in [0.5, 0.6) is 5.75 Å². The minimum Gasteiger partial charge on any atom is -0.488 e. The average Bonchev–Trinajstić information content (AvgIpc) is 2.40. The highest BCUT2D eigenvalue weighted by atomic mass is 79.9. The van der Waals surface area contributed by atoms with E-state index in [-0.39, 0.29) is 5.11 Å². The Morgan fingerprint density at radius 2 is 2.11 bits per heavy atom. The number of benzene rings is 1. The van der Waals surface area contributed by atoms with Gasteiger partial charge >= 0.3 is 0 Å². The van der Waals surface area contributed by atoms with Crippen molar-refractivity contribution < 1.29 is 4.74 Å². The van der Waals surface area contributed by atoms with Crippen molar-refractivity contribution in [2.75, 3.05) is 5.32 Å². The third-order valence-corrected chi connectivity index (χ3v) is 3.01. The molecule has 0 saturated heterocycles. The van der Waals surface area contributed by atoms with Gasteiger partial charge in [-0.15, -0.1) is 0 Å². The second kappa shape index (κ2) is 6.49. The minimum atomic E-state index is 0.170. The molecule has 4 nitrogen and oxygen atoms in total. The Morgan fingerprint density at radius 1 is 1.37 bits per heavy atom. The number of anilines is 1. The SMILES string of the molecule is NC(=S)Nc1cc(OCc2ccccc2)c(Br)cn1. The lowest BCUT2D eigenvalue weighted by atomic mass is 10.2. The molecule has 3 N–H and O–H groups in total. The van der Waals surface area contributed by atoms with Gasteiger partial charge in [-0.1, -0.05) is 30.3 Å². The molecule has 0 aliphatic rings. The maximum atomic E-state index is 5.73. The largest absolute Gasteiger partial charge is 0.488 e. The van der Waals surface area contributed by atoms with Crippen LogP contribution in [0.15, 0.2) is 47.1 Å². The number of hydrogen-bond donors (Lipinski definition) is 2. The first-order valence-electron chi connectivity index (χ1n) is 5.54. The molecule has 0 unspecified atom stereocenters. The van der Waals surface area contributed by atoms with Gasteiger partial charge in [0.25, 0.3) is 0 Å². The zero-order valence-corrected chi connectivity index (χ0v) is 12.4. The molecule has 0 bridgehead atoms. The number of nitrogens with zero attached hydrogens (tertiary/aromatic N) is 1. The molecule has 0 radical (unpaired) electrons. The molecule has 6 heteroatoms. The van der Waals surface area contributed by atoms with Gasteiger partial charge in [0.1, 0.15) is 18.2 Å². The molecule has 1 aromatic heterocycles. The second-order valence-electron chi connectivity index (χ2n) is 3.76. The summed E-state index contributed by atoms with van der Waals surface area (Å²) in [6.45, 7) is 0.482. The summed E-state index contributed by atoms with van der Waals surface area (Å²) >= 11 is 8.16. The van der Waals surface area contributed by atoms with Crippen molar-refractivity contribution in [3.8, 4) is 5.75 Å². The summed E-state index contributed by atoms with van der Waals surface area (Å²) in [6.07, 6.45) is 1.64. The molecule has 2 rings (SSSR count). The fraction of sp³-hybridized carbons (Fsp3) is 0.0769. The fourth-order valence-corrected chi connectivity index (χ4v) is 1.90. The molecule has 0 saturated carbocycles. The average molecular weight is 338 g/mol. The van der Waals surface area contributed by atoms with Crippen molar-refractivity contribution in [1.82, 2.24) is 4.98 Å². The molecule has 2 aromatic rings. The van der Waals surface area contributed by atoms with Gasteiger partial charge in [-0.2, -0.15) is 0 Å². The maximum Gasteiger partial charge on any atom is 0.169 e. The highest BCUT2D eigenvalue weighted by Gasteiger charge is 2.05. The van der Waals surface area contributed by atoms with Crippen molar-refractivity contribution in [2.24, 2.45) is 5.73 Å². The fourth-order valence-electron chi connectivity index (χ4n) is 1.46. The number of pyridine rings is 1. The quantitative estimate of drug-likeness (QED) is 0.839. The number of halogens is 1. The van der Waals surface area contributed by atoms with Crippen molar-refractivity contribution >= 4 is 39.1 Å². The summed E-state index contributed by atoms with van der Waals surface area (Å²) in [5.41, 5.74) is 6.50. The third kappa shape index (κ3) is 4.18. The van der Waals surface area contributed by atoms with Gasteiger partial charge in [0, 0.05) is 12.3 Å². The first-order chi connectivity index (χ1) is 9.15. The van der Waals surface area contributed by atoms with E-state index in [4.69, 9.17) is 22.7 Å². The molecule has 98 valence electrons. The Bertz CT molecular complexity index is 577. The van der Waals surface area contributed by atoms with Gasteiger partial charge in [0.05, 0.1) is 4.47 Å². The molecule has 0 aliphatic heterocycles. The van der Waals surface area contributed by atoms with E-state index in [1.165, 1.54) is 0 Å².